The number of phenolic OH excluding ortho intramolecular Hbond substituents is 1. The molecule has 2 aromatic heterocycles. The van der Waals surface area contributed by atoms with Crippen LogP contribution in [0.2, 0.25) is 0 Å². The summed E-state index contributed by atoms with van der Waals surface area (Å²) in [5, 5.41) is 54.2. The van der Waals surface area contributed by atoms with E-state index in [0.29, 0.717) is 124 Å². The monoisotopic (exact) mass is 1390 g/mol. The Morgan fingerprint density at radius 2 is 1.38 bits per heavy atom. The van der Waals surface area contributed by atoms with Gasteiger partial charge in [-0.1, -0.05) is 54.1 Å². The number of carboxylic acid groups (broad SMARTS) is 1. The number of nitrogens with two attached hydrogens (primary N) is 2. The van der Waals surface area contributed by atoms with Gasteiger partial charge in [0.2, 0.25) is 47.3 Å². The highest BCUT2D eigenvalue weighted by Crippen LogP contribution is 2.18. The summed E-state index contributed by atoms with van der Waals surface area (Å²) in [5.41, 5.74) is 13.4. The average molecular weight is 1390 g/mol. The van der Waals surface area contributed by atoms with Gasteiger partial charge in [-0.05, 0) is 99.2 Å². The number of ether oxygens (including phenoxy) is 2. The second-order valence-corrected chi connectivity index (χ2v) is 24.1. The lowest BCUT2D eigenvalue weighted by molar-refractivity contribution is -0.138. The lowest BCUT2D eigenvalue weighted by Gasteiger charge is -2.34. The molecule has 0 aliphatic carbocycles. The van der Waals surface area contributed by atoms with E-state index in [1.54, 1.807) is 34.8 Å². The summed E-state index contributed by atoms with van der Waals surface area (Å²) in [6, 6.07) is 16.4. The van der Waals surface area contributed by atoms with E-state index in [1.165, 1.54) is 28.9 Å². The summed E-state index contributed by atoms with van der Waals surface area (Å²) in [4.78, 5) is 151. The minimum atomic E-state index is -1.60. The molecule has 4 heterocycles. The molecule has 2 aliphatic rings. The highest BCUT2D eigenvalue weighted by Gasteiger charge is 2.32. The predicted octanol–water partition coefficient (Wildman–Crippen LogP) is -0.960. The molecule has 2 fully saturated rings. The molecular weight excluding hydrogens is 1300 g/mol. The Balaban J connectivity index is 0.716. The molecule has 3 aromatic carbocycles. The number of aromatic hydroxyl groups is 1. The van der Waals surface area contributed by atoms with E-state index in [1.807, 2.05) is 36.5 Å². The van der Waals surface area contributed by atoms with Gasteiger partial charge < -0.3 is 78.6 Å². The number of rotatable bonds is 35. The lowest BCUT2D eigenvalue weighted by Crippen LogP contribution is -2.57. The number of piperazine rings is 1. The first-order valence-electron chi connectivity index (χ1n) is 33.3. The third kappa shape index (κ3) is 26.6. The molecule has 2 saturated heterocycles. The van der Waals surface area contributed by atoms with Crippen molar-refractivity contribution in [2.75, 3.05) is 84.1 Å². The summed E-state index contributed by atoms with van der Waals surface area (Å²) >= 11 is 0. The minimum absolute atomic E-state index is 0.00468. The zero-order valence-electron chi connectivity index (χ0n) is 56.0. The van der Waals surface area contributed by atoms with Crippen LogP contribution in [-0.2, 0) is 96.8 Å². The number of anilines is 1. The third-order valence-electron chi connectivity index (χ3n) is 16.3. The summed E-state index contributed by atoms with van der Waals surface area (Å²) in [5.74, 6) is -7.10. The van der Waals surface area contributed by atoms with Crippen LogP contribution >= 0.6 is 0 Å². The van der Waals surface area contributed by atoms with Crippen molar-refractivity contribution in [3.05, 3.63) is 124 Å². The van der Waals surface area contributed by atoms with E-state index in [9.17, 15) is 63.0 Å². The van der Waals surface area contributed by atoms with Gasteiger partial charge in [-0.15, -0.1) is 5.10 Å². The number of aliphatic imine (C=N–C) groups is 1. The maximum Gasteiger partial charge on any atom is 0.330 e. The molecule has 7 rings (SSSR count). The largest absolute Gasteiger partial charge is 0.508 e. The highest BCUT2D eigenvalue weighted by molar-refractivity contribution is 6.04. The van der Waals surface area contributed by atoms with Crippen LogP contribution in [0.25, 0.3) is 10.8 Å². The number of aliphatic carboxylic acids is 1. The van der Waals surface area contributed by atoms with Gasteiger partial charge in [0.05, 0.1) is 55.6 Å². The van der Waals surface area contributed by atoms with Crippen LogP contribution in [0.4, 0.5) is 5.69 Å². The zero-order chi connectivity index (χ0) is 71.8. The lowest BCUT2D eigenvalue weighted by atomic mass is 10.0. The van der Waals surface area contributed by atoms with Gasteiger partial charge in [0.1, 0.15) is 36.2 Å². The summed E-state index contributed by atoms with van der Waals surface area (Å²) in [6.07, 6.45) is 6.69. The number of nitrogens with zero attached hydrogens (tertiary/aromatic N) is 8. The molecular formula is C67H90N18O15. The van der Waals surface area contributed by atoms with Crippen molar-refractivity contribution in [2.45, 2.75) is 121 Å². The zero-order valence-corrected chi connectivity index (χ0v) is 56.0. The van der Waals surface area contributed by atoms with E-state index >= 15 is 0 Å². The van der Waals surface area contributed by atoms with Crippen LogP contribution in [0.15, 0.2) is 101 Å². The Labute approximate surface area is 577 Å². The average Bonchev–Trinajstić information content (AvgIpc) is 1.09. The third-order valence-corrected chi connectivity index (χ3v) is 16.3. The Kier molecular flexibility index (Phi) is 30.9. The number of phenols is 1. The van der Waals surface area contributed by atoms with E-state index in [0.717, 1.165) is 18.4 Å². The number of unbranched alkanes of at least 4 members (excludes halogenated alkanes) is 3. The summed E-state index contributed by atoms with van der Waals surface area (Å²) in [7, 11) is 1.57. The van der Waals surface area contributed by atoms with Gasteiger partial charge in [0, 0.05) is 102 Å². The Morgan fingerprint density at radius 3 is 2.11 bits per heavy atom. The molecule has 1 unspecified atom stereocenters. The first-order chi connectivity index (χ1) is 48.2. The molecule has 3 atom stereocenters. The standard InChI is InChI=1S/C67H90N18O15/c1-82-66(98)50-13-5-4-12-49(50)53(80-82)38-58(89)74-46-22-18-45(19-23-46)41-83-30-32-84(33-31-83)60(91)43-100-36-35-99-34-28-71-56(87)16-3-2-8-29-85-42-47(79-81-85)11-9-17-57(88)70-26-7-6-14-52-63(95)76-51(15-10-27-72-67(68)69)62(94)73-40-59(90)75-55(39-61(92)93)65(97)78-54(64(96)77-52)37-44-20-24-48(86)25-21-44/h4-5,12-13,18-25,39,42,51-52,54,86H,2-3,6-11,14-17,26-38,40-41,43H2,1H3,(H,70,88)(H,71,87)(H,73,94)(H,74,89)(H,75,90)(H,76,95)(H,77,96)(H,78,97)(H,92,93)(H4,68,69,72)/b55-39+/t51?,52-,54+/m0/s1. The number of carbonyl (C=O) groups excluding carboxylic acids is 9. The predicted molar refractivity (Wildman–Crippen MR) is 365 cm³/mol. The Hall–Kier alpha value is -10.7. The fourth-order valence-corrected chi connectivity index (χ4v) is 11.0. The highest BCUT2D eigenvalue weighted by atomic mass is 16.5. The SMILES string of the molecule is Cn1nc(CC(=O)Nc2ccc(CN3CCN(C(=O)COCCOCCNC(=O)CCCCCn4cc(CCCC(=O)NCCCC[C@@H]5NC(=O)[C@@H](Cc6ccc(O)cc6)NC(=O)/C(=C\C(=O)O)NC(=O)CNC(=O)C(CCCN=C(N)N)NC5=O)nn4)CC3)cc2)c2ccccc2c1=O. The van der Waals surface area contributed by atoms with Gasteiger partial charge in [0.25, 0.3) is 11.5 Å². The fraction of sp³-hybridized carbons (Fsp3) is 0.478. The number of aryl methyl sites for hydroxylation is 3. The van der Waals surface area contributed by atoms with Crippen LogP contribution in [0.1, 0.15) is 93.1 Å². The molecule has 5 aromatic rings. The minimum Gasteiger partial charge on any atom is -0.508 e. The Morgan fingerprint density at radius 1 is 0.710 bits per heavy atom. The number of carboxylic acids is 1. The van der Waals surface area contributed by atoms with Crippen molar-refractivity contribution in [1.82, 2.24) is 71.8 Å². The second-order valence-electron chi connectivity index (χ2n) is 24.1. The molecule has 0 bridgehead atoms. The molecule has 2 aliphatic heterocycles. The van der Waals surface area contributed by atoms with Gasteiger partial charge in [-0.25, -0.2) is 9.48 Å². The van der Waals surface area contributed by atoms with Crippen LogP contribution < -0.4 is 59.6 Å². The molecule has 0 spiro atoms. The number of hydrogen-bond donors (Lipinski definition) is 12. The number of aromatic nitrogens is 5. The number of guanidine groups is 1. The smallest absolute Gasteiger partial charge is 0.330 e. The maximum atomic E-state index is 14.1. The van der Waals surface area contributed by atoms with Gasteiger partial charge in [-0.2, -0.15) is 5.10 Å². The molecule has 33 nitrogen and oxygen atoms in total. The first-order valence-corrected chi connectivity index (χ1v) is 33.3. The summed E-state index contributed by atoms with van der Waals surface area (Å²) in [6.45, 7) is 4.52. The molecule has 33 heteroatoms. The van der Waals surface area contributed by atoms with Crippen LogP contribution in [0.3, 0.4) is 0 Å². The Bertz CT molecular complexity index is 3740. The van der Waals surface area contributed by atoms with Crippen molar-refractivity contribution in [3.8, 4) is 5.75 Å². The molecule has 0 radical (unpaired) electrons. The van der Waals surface area contributed by atoms with Crippen molar-refractivity contribution in [1.29, 1.82) is 0 Å². The first kappa shape index (κ1) is 76.7. The fourth-order valence-electron chi connectivity index (χ4n) is 11.0. The number of nitrogens with one attached hydrogen (secondary N) is 8. The van der Waals surface area contributed by atoms with E-state index in [-0.39, 0.29) is 119 Å². The van der Waals surface area contributed by atoms with Crippen molar-refractivity contribution in [2.24, 2.45) is 23.5 Å². The second kappa shape index (κ2) is 40.3. The molecule has 14 N–H and O–H groups in total. The number of benzene rings is 3. The van der Waals surface area contributed by atoms with Crippen LogP contribution in [-0.4, -0.2) is 207 Å². The number of amides is 9. The molecule has 538 valence electrons. The molecule has 100 heavy (non-hydrogen) atoms. The molecule has 9 amide bonds. The van der Waals surface area contributed by atoms with E-state index in [4.69, 9.17) is 20.9 Å². The van der Waals surface area contributed by atoms with Gasteiger partial charge in [0.15, 0.2) is 5.96 Å². The normalized spacial score (nSPS) is 16.8. The van der Waals surface area contributed by atoms with Gasteiger partial charge >= 0.3 is 5.97 Å². The number of fused-ring (bicyclic) bond motifs is 1. The quantitative estimate of drug-likeness (QED) is 0.0101. The van der Waals surface area contributed by atoms with Crippen molar-refractivity contribution in [3.63, 3.8) is 0 Å². The number of carbonyl (C=O) groups is 10. The van der Waals surface area contributed by atoms with Crippen LogP contribution in [0, 0.1) is 0 Å². The van der Waals surface area contributed by atoms with Crippen LogP contribution in [0.5, 0.6) is 5.75 Å². The van der Waals surface area contributed by atoms with E-state index in [2.05, 4.69) is 67.8 Å². The van der Waals surface area contributed by atoms with Gasteiger partial charge in [-0.3, -0.25) is 62.5 Å². The topological polar surface area (TPSA) is 462 Å². The summed E-state index contributed by atoms with van der Waals surface area (Å²) < 4.78 is 14.2. The van der Waals surface area contributed by atoms with Crippen molar-refractivity contribution >= 4 is 81.6 Å². The molecule has 0 saturated carbocycles. The number of hydrogen-bond acceptors (Lipinski definition) is 19. The van der Waals surface area contributed by atoms with Crippen molar-refractivity contribution < 1.29 is 67.6 Å². The maximum absolute atomic E-state index is 14.1. The van der Waals surface area contributed by atoms with E-state index < -0.39 is 65.9 Å².